The average molecular weight is 464 g/mol. The number of carbonyl (C=O) groups is 1. The van der Waals surface area contributed by atoms with Crippen molar-refractivity contribution in [3.8, 4) is 5.75 Å². The smallest absolute Gasteiger partial charge is 0.214 e. The van der Waals surface area contributed by atoms with Gasteiger partial charge in [0, 0.05) is 24.6 Å². The van der Waals surface area contributed by atoms with Crippen LogP contribution in [0.5, 0.6) is 5.75 Å². The van der Waals surface area contributed by atoms with Gasteiger partial charge < -0.3 is 10.4 Å². The summed E-state index contributed by atoms with van der Waals surface area (Å²) >= 11 is 6.83. The van der Waals surface area contributed by atoms with Crippen molar-refractivity contribution in [1.82, 2.24) is 0 Å². The summed E-state index contributed by atoms with van der Waals surface area (Å²) in [6.07, 6.45) is 7.47. The predicted octanol–water partition coefficient (Wildman–Crippen LogP) is 0.556. The number of benzene rings is 1. The fourth-order valence-electron chi connectivity index (χ4n) is 4.24. The highest BCUT2D eigenvalue weighted by Crippen LogP contribution is 2.47. The lowest BCUT2D eigenvalue weighted by molar-refractivity contribution is -0.501. The number of anilines is 1. The fraction of sp³-hybridized carbons (Fsp3) is 0.278. The topological polar surface area (TPSA) is 75.7 Å². The van der Waals surface area contributed by atoms with Crippen LogP contribution in [0, 0.1) is 0 Å². The Morgan fingerprint density at radius 3 is 2.80 bits per heavy atom. The molecule has 5 rings (SSSR count). The first-order valence-corrected chi connectivity index (χ1v) is 9.73. The normalized spacial score (nSPS) is 22.0. The summed E-state index contributed by atoms with van der Waals surface area (Å²) in [6, 6.07) is 0. The summed E-state index contributed by atoms with van der Waals surface area (Å²) in [5.41, 5.74) is 3.01. The van der Waals surface area contributed by atoms with Gasteiger partial charge in [0.2, 0.25) is 11.1 Å². The highest BCUT2D eigenvalue weighted by Gasteiger charge is 2.43. The van der Waals surface area contributed by atoms with Crippen LogP contribution >= 0.6 is 31.9 Å². The molecule has 0 radical (unpaired) electrons. The van der Waals surface area contributed by atoms with Gasteiger partial charge in [-0.25, -0.2) is 4.99 Å². The van der Waals surface area contributed by atoms with Gasteiger partial charge in [0.05, 0.1) is 25.4 Å². The van der Waals surface area contributed by atoms with Crippen molar-refractivity contribution < 1.29 is 14.9 Å². The highest BCUT2D eigenvalue weighted by molar-refractivity contribution is 9.13. The van der Waals surface area contributed by atoms with Gasteiger partial charge in [-0.2, -0.15) is 0 Å². The number of Topliss-reactive ketones (excluding diaryl/α,β-unsaturated/α-hetero) is 1. The van der Waals surface area contributed by atoms with E-state index in [-0.39, 0.29) is 11.5 Å². The lowest BCUT2D eigenvalue weighted by atomic mass is 9.71. The van der Waals surface area contributed by atoms with Crippen molar-refractivity contribution in [1.29, 1.82) is 0 Å². The molecule has 3 heterocycles. The molecule has 1 aromatic carbocycles. The van der Waals surface area contributed by atoms with E-state index in [0.29, 0.717) is 26.9 Å². The molecule has 0 unspecified atom stereocenters. The zero-order chi connectivity index (χ0) is 17.3. The molecule has 3 aliphatic heterocycles. The number of carbonyl (C=O) groups excluding carboxylic acids is 1. The van der Waals surface area contributed by atoms with Gasteiger partial charge in [0.15, 0.2) is 5.75 Å². The first-order chi connectivity index (χ1) is 12.0. The molecule has 0 saturated heterocycles. The van der Waals surface area contributed by atoms with Gasteiger partial charge in [-0.1, -0.05) is 12.2 Å². The number of hydrogen-bond acceptors (Lipinski definition) is 4. The van der Waals surface area contributed by atoms with Crippen molar-refractivity contribution in [3.63, 3.8) is 0 Å². The maximum absolute atomic E-state index is 12.2. The van der Waals surface area contributed by atoms with E-state index in [1.54, 1.807) is 0 Å². The van der Waals surface area contributed by atoms with Gasteiger partial charge in [0.1, 0.15) is 12.2 Å². The van der Waals surface area contributed by atoms with Crippen molar-refractivity contribution in [2.45, 2.75) is 18.3 Å². The number of phenols is 1. The maximum atomic E-state index is 12.2. The summed E-state index contributed by atoms with van der Waals surface area (Å²) in [6.45, 7) is 1.52. The molecule has 0 bridgehead atoms. The molecule has 1 spiro atoms. The number of allylic oxidation sites excluding steroid dienone is 4. The van der Waals surface area contributed by atoms with Gasteiger partial charge in [0.25, 0.3) is 0 Å². The average Bonchev–Trinajstić information content (AvgIpc) is 3.03. The molecule has 126 valence electrons. The lowest BCUT2D eigenvalue weighted by Gasteiger charge is -2.36. The molecular formula is C18H14Br2N3O2+. The monoisotopic (exact) mass is 462 g/mol. The van der Waals surface area contributed by atoms with Gasteiger partial charge in [-0.3, -0.25) is 9.79 Å². The third kappa shape index (κ3) is 1.96. The molecule has 5 nitrogen and oxygen atoms in total. The second kappa shape index (κ2) is 5.14. The van der Waals surface area contributed by atoms with Crippen LogP contribution in [0.1, 0.15) is 18.4 Å². The van der Waals surface area contributed by atoms with Crippen LogP contribution in [0.3, 0.4) is 0 Å². The molecular weight excluding hydrogens is 450 g/mol. The SMILES string of the molecule is O=C1C(Br)=CC2(C=C1Br)CCNc1c(O)c3c4c(c12)=[NH+]CCC=4C=N3. The number of nitrogens with zero attached hydrogens (tertiary/aromatic N) is 1. The van der Waals surface area contributed by atoms with E-state index in [0.717, 1.165) is 41.1 Å². The van der Waals surface area contributed by atoms with Crippen molar-refractivity contribution in [2.75, 3.05) is 18.4 Å². The van der Waals surface area contributed by atoms with Gasteiger partial charge >= 0.3 is 0 Å². The Kier molecular flexibility index (Phi) is 3.19. The van der Waals surface area contributed by atoms with E-state index in [9.17, 15) is 9.90 Å². The highest BCUT2D eigenvalue weighted by atomic mass is 79.9. The quantitative estimate of drug-likeness (QED) is 0.492. The summed E-state index contributed by atoms with van der Waals surface area (Å²) in [4.78, 5) is 20.2. The third-order valence-corrected chi connectivity index (χ3v) is 6.50. The molecule has 4 aliphatic rings. The summed E-state index contributed by atoms with van der Waals surface area (Å²) in [5.74, 6) is 0.127. The summed E-state index contributed by atoms with van der Waals surface area (Å²) in [5, 5.41) is 16.2. The van der Waals surface area contributed by atoms with E-state index >= 15 is 0 Å². The number of aromatic hydroxyl groups is 1. The van der Waals surface area contributed by atoms with Crippen LogP contribution in [-0.2, 0) is 10.2 Å². The van der Waals surface area contributed by atoms with Crippen molar-refractivity contribution in [2.24, 2.45) is 4.99 Å². The molecule has 1 aliphatic carbocycles. The van der Waals surface area contributed by atoms with Crippen molar-refractivity contribution in [3.05, 3.63) is 37.3 Å². The zero-order valence-corrected chi connectivity index (χ0v) is 16.3. The number of phenolic OH excluding ortho intramolecular Hbond substituents is 1. The lowest BCUT2D eigenvalue weighted by Crippen LogP contribution is -2.83. The zero-order valence-electron chi connectivity index (χ0n) is 13.1. The fourth-order valence-corrected chi connectivity index (χ4v) is 5.75. The minimum Gasteiger partial charge on any atom is -0.504 e. The number of ketones is 1. The Morgan fingerprint density at radius 2 is 2.04 bits per heavy atom. The Morgan fingerprint density at radius 1 is 1.28 bits per heavy atom. The number of halogens is 2. The third-order valence-electron chi connectivity index (χ3n) is 5.32. The van der Waals surface area contributed by atoms with E-state index in [1.807, 2.05) is 18.4 Å². The number of hydrogen-bond donors (Lipinski definition) is 3. The number of rotatable bonds is 0. The van der Waals surface area contributed by atoms with E-state index in [2.05, 4.69) is 47.2 Å². The predicted molar refractivity (Wildman–Crippen MR) is 102 cm³/mol. The van der Waals surface area contributed by atoms with Crippen LogP contribution in [-0.4, -0.2) is 30.2 Å². The number of aliphatic imine (C=N–C) groups is 1. The molecule has 0 aromatic heterocycles. The Labute approximate surface area is 160 Å². The van der Waals surface area contributed by atoms with Gasteiger partial charge in [-0.15, -0.1) is 0 Å². The Balaban J connectivity index is 1.94. The molecule has 0 amide bonds. The minimum atomic E-state index is -0.466. The minimum absolute atomic E-state index is 0.0618. The Hall–Kier alpha value is -1.73. The van der Waals surface area contributed by atoms with Gasteiger partial charge in [-0.05, 0) is 43.9 Å². The summed E-state index contributed by atoms with van der Waals surface area (Å²) in [7, 11) is 0. The maximum Gasteiger partial charge on any atom is 0.214 e. The van der Waals surface area contributed by atoms with E-state index < -0.39 is 5.41 Å². The van der Waals surface area contributed by atoms with Crippen molar-refractivity contribution >= 4 is 60.8 Å². The van der Waals surface area contributed by atoms with Crippen LogP contribution in [0.25, 0.3) is 5.57 Å². The second-order valence-electron chi connectivity index (χ2n) is 6.69. The van der Waals surface area contributed by atoms with Crippen LogP contribution in [0.15, 0.2) is 26.1 Å². The first-order valence-electron chi connectivity index (χ1n) is 8.15. The summed E-state index contributed by atoms with van der Waals surface area (Å²) < 4.78 is 1.08. The molecule has 0 saturated carbocycles. The van der Waals surface area contributed by atoms with E-state index in [1.165, 1.54) is 0 Å². The number of fused-ring (bicyclic) bond motifs is 3. The largest absolute Gasteiger partial charge is 0.504 e. The molecule has 0 atom stereocenters. The molecule has 7 heteroatoms. The standard InChI is InChI=1S/C18H13Br2N3O2/c19-9-5-18(6-10(20)16(9)24)2-4-22-15-12(18)13-11-8(1-3-21-13)7-23-14(11)17(15)25/h5-7,22,25H,1-4H2/p+1. The molecule has 1 aromatic rings. The van der Waals surface area contributed by atoms with E-state index in [4.69, 9.17) is 0 Å². The molecule has 25 heavy (non-hydrogen) atoms. The van der Waals surface area contributed by atoms with Crippen LogP contribution < -0.4 is 20.9 Å². The Bertz CT molecular complexity index is 1060. The second-order valence-corrected chi connectivity index (χ2v) is 8.40. The van der Waals surface area contributed by atoms with Crippen LogP contribution in [0.2, 0.25) is 0 Å². The van der Waals surface area contributed by atoms with Crippen LogP contribution in [0.4, 0.5) is 11.4 Å². The number of nitrogens with one attached hydrogen (secondary N) is 2. The molecule has 3 N–H and O–H groups in total. The first kappa shape index (κ1) is 15.5. The molecule has 0 fully saturated rings.